The predicted molar refractivity (Wildman–Crippen MR) is 79.2 cm³/mol. The Morgan fingerprint density at radius 2 is 2.17 bits per heavy atom. The monoisotopic (exact) mass is 335 g/mol. The predicted octanol–water partition coefficient (Wildman–Crippen LogP) is -0.514. The van der Waals surface area contributed by atoms with E-state index < -0.39 is 30.2 Å². The number of aliphatic hydroxyl groups excluding tert-OH is 2. The first-order chi connectivity index (χ1) is 11.4. The molecule has 3 heterocycles. The van der Waals surface area contributed by atoms with Crippen LogP contribution >= 0.6 is 0 Å². The zero-order chi connectivity index (χ0) is 17.4. The van der Waals surface area contributed by atoms with Gasteiger partial charge < -0.3 is 25.0 Å². The molecule has 1 amide bonds. The first kappa shape index (κ1) is 16.4. The standard InChI is InChI=1S/C16H18N2O6/c1-17-10(4-5-13(17)20)9-3-2-6-18(8-9)15-14(21)11(19)7-12(24-15)16(22)23/h2-3,6-8,10-11,14-15,19,21H,4-5H2,1H3/p+1/t10-,11+,14-,15-/m0/s1. The lowest BCUT2D eigenvalue weighted by Gasteiger charge is -2.27. The lowest BCUT2D eigenvalue weighted by atomic mass is 10.1. The van der Waals surface area contributed by atoms with Crippen LogP contribution in [0.15, 0.2) is 36.4 Å². The van der Waals surface area contributed by atoms with Crippen molar-refractivity contribution >= 4 is 11.9 Å². The largest absolute Gasteiger partial charge is 0.475 e. The number of nitrogens with zero attached hydrogens (tertiary/aromatic N) is 2. The molecule has 128 valence electrons. The Morgan fingerprint density at radius 1 is 1.42 bits per heavy atom. The van der Waals surface area contributed by atoms with Gasteiger partial charge in [0.15, 0.2) is 18.5 Å². The lowest BCUT2D eigenvalue weighted by Crippen LogP contribution is -2.53. The van der Waals surface area contributed by atoms with Crippen LogP contribution in [0.1, 0.15) is 30.7 Å². The van der Waals surface area contributed by atoms with Crippen molar-refractivity contribution in [1.29, 1.82) is 0 Å². The van der Waals surface area contributed by atoms with Crippen LogP contribution in [0.5, 0.6) is 0 Å². The summed E-state index contributed by atoms with van der Waals surface area (Å²) in [5.41, 5.74) is 0.850. The molecule has 3 rings (SSSR count). The number of hydrogen-bond acceptors (Lipinski definition) is 5. The molecular weight excluding hydrogens is 316 g/mol. The van der Waals surface area contributed by atoms with Gasteiger partial charge in [0.1, 0.15) is 6.10 Å². The molecule has 1 aromatic heterocycles. The molecule has 2 aliphatic heterocycles. The average molecular weight is 335 g/mol. The minimum absolute atomic E-state index is 0.0656. The number of carboxylic acids is 1. The number of carbonyl (C=O) groups is 2. The third-order valence-electron chi connectivity index (χ3n) is 4.44. The van der Waals surface area contributed by atoms with Crippen molar-refractivity contribution in [2.24, 2.45) is 0 Å². The molecule has 8 nitrogen and oxygen atoms in total. The number of ether oxygens (including phenoxy) is 1. The number of aliphatic carboxylic acids is 1. The van der Waals surface area contributed by atoms with Gasteiger partial charge in [0.25, 0.3) is 0 Å². The van der Waals surface area contributed by atoms with Gasteiger partial charge in [0.2, 0.25) is 11.7 Å². The summed E-state index contributed by atoms with van der Waals surface area (Å²) >= 11 is 0. The van der Waals surface area contributed by atoms with Crippen molar-refractivity contribution < 1.29 is 34.2 Å². The number of carboxylic acid groups (broad SMARTS) is 1. The highest BCUT2D eigenvalue weighted by Gasteiger charge is 2.41. The fourth-order valence-electron chi connectivity index (χ4n) is 3.08. The topological polar surface area (TPSA) is 111 Å². The number of likely N-dealkylation sites (tertiary alicyclic amines) is 1. The van der Waals surface area contributed by atoms with E-state index in [4.69, 9.17) is 9.84 Å². The molecule has 0 unspecified atom stereocenters. The lowest BCUT2D eigenvalue weighted by molar-refractivity contribution is -0.769. The van der Waals surface area contributed by atoms with E-state index >= 15 is 0 Å². The van der Waals surface area contributed by atoms with Crippen LogP contribution in [0.2, 0.25) is 0 Å². The second kappa shape index (κ2) is 6.21. The van der Waals surface area contributed by atoms with Gasteiger partial charge in [-0.25, -0.2) is 4.79 Å². The SMILES string of the molecule is CN1C(=O)CC[C@H]1c1ccc[n+]([C@H]2OC(C(=O)O)=C[C@@H](O)[C@@H]2O)c1. The number of aromatic nitrogens is 1. The number of amides is 1. The van der Waals surface area contributed by atoms with Gasteiger partial charge in [-0.3, -0.25) is 4.79 Å². The number of rotatable bonds is 3. The summed E-state index contributed by atoms with van der Waals surface area (Å²) in [6, 6.07) is 3.51. The van der Waals surface area contributed by atoms with E-state index in [1.807, 2.05) is 6.07 Å². The molecule has 0 radical (unpaired) electrons. The molecule has 0 bridgehead atoms. The molecular formula is C16H19N2O6+. The zero-order valence-corrected chi connectivity index (χ0v) is 13.1. The number of aliphatic hydroxyl groups is 2. The van der Waals surface area contributed by atoms with E-state index in [2.05, 4.69) is 0 Å². The molecule has 0 aliphatic carbocycles. The smallest absolute Gasteiger partial charge is 0.371 e. The van der Waals surface area contributed by atoms with Crippen molar-refractivity contribution in [2.75, 3.05) is 7.05 Å². The molecule has 24 heavy (non-hydrogen) atoms. The summed E-state index contributed by atoms with van der Waals surface area (Å²) in [7, 11) is 1.73. The minimum Gasteiger partial charge on any atom is -0.475 e. The molecule has 3 N–H and O–H groups in total. The van der Waals surface area contributed by atoms with Gasteiger partial charge in [-0.1, -0.05) is 0 Å². The van der Waals surface area contributed by atoms with Crippen molar-refractivity contribution in [3.8, 4) is 0 Å². The summed E-state index contributed by atoms with van der Waals surface area (Å²) in [5, 5.41) is 29.1. The Bertz CT molecular complexity index is 704. The van der Waals surface area contributed by atoms with Crippen molar-refractivity contribution in [1.82, 2.24) is 4.90 Å². The molecule has 8 heteroatoms. The maximum Gasteiger partial charge on any atom is 0.371 e. The minimum atomic E-state index is -1.35. The molecule has 2 aliphatic rings. The summed E-state index contributed by atoms with van der Waals surface area (Å²) in [5.74, 6) is -1.66. The van der Waals surface area contributed by atoms with E-state index in [9.17, 15) is 19.8 Å². The fraction of sp³-hybridized carbons (Fsp3) is 0.438. The number of pyridine rings is 1. The molecule has 0 aromatic carbocycles. The second-order valence-electron chi connectivity index (χ2n) is 5.97. The van der Waals surface area contributed by atoms with E-state index in [0.29, 0.717) is 12.8 Å². The summed E-state index contributed by atoms with van der Waals surface area (Å²) in [4.78, 5) is 24.5. The second-order valence-corrected chi connectivity index (χ2v) is 5.97. The molecule has 4 atom stereocenters. The van der Waals surface area contributed by atoms with Crippen molar-refractivity contribution in [3.63, 3.8) is 0 Å². The average Bonchev–Trinajstić information content (AvgIpc) is 2.89. The Hall–Kier alpha value is -2.45. The maximum atomic E-state index is 11.7. The third-order valence-corrected chi connectivity index (χ3v) is 4.44. The Kier molecular flexibility index (Phi) is 4.25. The van der Waals surface area contributed by atoms with Gasteiger partial charge >= 0.3 is 12.2 Å². The zero-order valence-electron chi connectivity index (χ0n) is 13.1. The Balaban J connectivity index is 1.90. The van der Waals surface area contributed by atoms with Crippen LogP contribution in [-0.4, -0.2) is 51.4 Å². The molecule has 1 fully saturated rings. The van der Waals surface area contributed by atoms with Gasteiger partial charge in [-0.05, 0) is 18.6 Å². The molecule has 0 saturated carbocycles. The third kappa shape index (κ3) is 2.85. The summed E-state index contributed by atoms with van der Waals surface area (Å²) in [6.07, 6.45) is 1.73. The first-order valence-corrected chi connectivity index (χ1v) is 7.62. The van der Waals surface area contributed by atoms with E-state index in [1.54, 1.807) is 30.4 Å². The highest BCUT2D eigenvalue weighted by Crippen LogP contribution is 2.31. The molecule has 0 spiro atoms. The maximum absolute atomic E-state index is 11.7. The van der Waals surface area contributed by atoms with Gasteiger partial charge in [0.05, 0.1) is 6.04 Å². The Morgan fingerprint density at radius 3 is 2.79 bits per heavy atom. The quantitative estimate of drug-likeness (QED) is 0.642. The van der Waals surface area contributed by atoms with Crippen LogP contribution < -0.4 is 4.57 Å². The number of carbonyl (C=O) groups excluding carboxylic acids is 1. The van der Waals surface area contributed by atoms with Crippen LogP contribution in [0.25, 0.3) is 0 Å². The highest BCUT2D eigenvalue weighted by atomic mass is 16.5. The van der Waals surface area contributed by atoms with Crippen molar-refractivity contribution in [2.45, 2.75) is 37.3 Å². The van der Waals surface area contributed by atoms with Gasteiger partial charge in [-0.2, -0.15) is 4.57 Å². The van der Waals surface area contributed by atoms with E-state index in [0.717, 1.165) is 11.6 Å². The summed E-state index contributed by atoms with van der Waals surface area (Å²) < 4.78 is 6.83. The normalized spacial score (nSPS) is 30.0. The highest BCUT2D eigenvalue weighted by molar-refractivity contribution is 5.84. The van der Waals surface area contributed by atoms with Gasteiger partial charge in [-0.15, -0.1) is 0 Å². The van der Waals surface area contributed by atoms with E-state index in [-0.39, 0.29) is 11.9 Å². The van der Waals surface area contributed by atoms with Crippen LogP contribution in [-0.2, 0) is 14.3 Å². The van der Waals surface area contributed by atoms with Crippen LogP contribution in [0.4, 0.5) is 0 Å². The Labute approximate surface area is 138 Å². The molecule has 1 saturated heterocycles. The van der Waals surface area contributed by atoms with Crippen LogP contribution in [0, 0.1) is 0 Å². The fourth-order valence-corrected chi connectivity index (χ4v) is 3.08. The van der Waals surface area contributed by atoms with Gasteiger partial charge in [0, 0.05) is 25.1 Å². The molecule has 1 aromatic rings. The number of hydrogen-bond donors (Lipinski definition) is 3. The summed E-state index contributed by atoms with van der Waals surface area (Å²) in [6.45, 7) is 0. The van der Waals surface area contributed by atoms with Crippen molar-refractivity contribution in [3.05, 3.63) is 41.9 Å². The van der Waals surface area contributed by atoms with Crippen LogP contribution in [0.3, 0.4) is 0 Å². The first-order valence-electron chi connectivity index (χ1n) is 7.62. The van der Waals surface area contributed by atoms with E-state index in [1.165, 1.54) is 4.57 Å².